The summed E-state index contributed by atoms with van der Waals surface area (Å²) in [7, 11) is 1.57. The molecular formula is C16H15N5O3. The Kier molecular flexibility index (Phi) is 4.11. The van der Waals surface area contributed by atoms with Gasteiger partial charge in [0, 0.05) is 25.2 Å². The number of amides is 1. The highest BCUT2D eigenvalue weighted by atomic mass is 16.6. The third-order valence-corrected chi connectivity index (χ3v) is 3.58. The average molecular weight is 325 g/mol. The molecule has 3 aromatic rings. The third kappa shape index (κ3) is 2.89. The van der Waals surface area contributed by atoms with E-state index in [1.165, 1.54) is 4.40 Å². The molecule has 3 rings (SSSR count). The second-order valence-electron chi connectivity index (χ2n) is 5.10. The Morgan fingerprint density at radius 2 is 2.00 bits per heavy atom. The van der Waals surface area contributed by atoms with Gasteiger partial charge in [0.25, 0.3) is 5.91 Å². The van der Waals surface area contributed by atoms with Crippen LogP contribution in [0.5, 0.6) is 0 Å². The highest BCUT2D eigenvalue weighted by Crippen LogP contribution is 2.25. The Morgan fingerprint density at radius 3 is 2.67 bits per heavy atom. The zero-order chi connectivity index (χ0) is 17.1. The number of rotatable bonds is 5. The first-order valence-corrected chi connectivity index (χ1v) is 7.26. The molecule has 122 valence electrons. The normalized spacial score (nSPS) is 10.5. The maximum absolute atomic E-state index is 11.5. The van der Waals surface area contributed by atoms with Crippen molar-refractivity contribution < 1.29 is 9.72 Å². The van der Waals surface area contributed by atoms with E-state index < -0.39 is 4.92 Å². The molecule has 24 heavy (non-hydrogen) atoms. The smallest absolute Gasteiger partial charge is 0.359 e. The van der Waals surface area contributed by atoms with Crippen molar-refractivity contribution in [2.24, 2.45) is 0 Å². The van der Waals surface area contributed by atoms with Gasteiger partial charge in [-0.15, -0.1) is 0 Å². The van der Waals surface area contributed by atoms with Crippen LogP contribution in [0.3, 0.4) is 0 Å². The lowest BCUT2D eigenvalue weighted by Gasteiger charge is -2.05. The fraction of sp³-hybridized carbons (Fsp3) is 0.125. The van der Waals surface area contributed by atoms with Crippen molar-refractivity contribution in [2.45, 2.75) is 6.54 Å². The Hall–Kier alpha value is -3.42. The molecule has 1 amide bonds. The first-order chi connectivity index (χ1) is 11.6. The minimum absolute atomic E-state index is 0.104. The zero-order valence-corrected chi connectivity index (χ0v) is 12.9. The fourth-order valence-corrected chi connectivity index (χ4v) is 2.38. The lowest BCUT2D eigenvalue weighted by molar-refractivity contribution is -0.389. The van der Waals surface area contributed by atoms with Gasteiger partial charge in [0.05, 0.1) is 6.20 Å². The lowest BCUT2D eigenvalue weighted by Crippen LogP contribution is -2.17. The highest BCUT2D eigenvalue weighted by molar-refractivity contribution is 5.93. The number of fused-ring (bicyclic) bond motifs is 1. The van der Waals surface area contributed by atoms with Crippen molar-refractivity contribution in [2.75, 3.05) is 12.4 Å². The number of pyridine rings is 1. The quantitative estimate of drug-likeness (QED) is 0.553. The summed E-state index contributed by atoms with van der Waals surface area (Å²) in [5.41, 5.74) is 1.94. The minimum Gasteiger partial charge on any atom is -0.359 e. The number of nitrogens with one attached hydrogen (secondary N) is 2. The van der Waals surface area contributed by atoms with Crippen LogP contribution in [-0.2, 0) is 6.54 Å². The van der Waals surface area contributed by atoms with Crippen LogP contribution in [0.1, 0.15) is 15.9 Å². The summed E-state index contributed by atoms with van der Waals surface area (Å²) in [5, 5.41) is 16.9. The van der Waals surface area contributed by atoms with E-state index in [-0.39, 0.29) is 17.5 Å². The molecule has 8 heteroatoms. The van der Waals surface area contributed by atoms with Gasteiger partial charge >= 0.3 is 5.82 Å². The van der Waals surface area contributed by atoms with Gasteiger partial charge in [-0.25, -0.2) is 0 Å². The van der Waals surface area contributed by atoms with Gasteiger partial charge in [-0.3, -0.25) is 4.79 Å². The number of carbonyl (C=O) groups excluding carboxylic acids is 1. The molecule has 0 bridgehead atoms. The molecule has 0 radical (unpaired) electrons. The highest BCUT2D eigenvalue weighted by Gasteiger charge is 2.21. The molecule has 0 saturated heterocycles. The van der Waals surface area contributed by atoms with E-state index in [1.54, 1.807) is 55.7 Å². The molecule has 0 fully saturated rings. The van der Waals surface area contributed by atoms with Crippen LogP contribution < -0.4 is 10.6 Å². The maximum atomic E-state index is 11.5. The number of hydrogen-bond acceptors (Lipinski definition) is 5. The number of imidazole rings is 1. The number of nitrogens with zero attached hydrogens (tertiary/aromatic N) is 3. The molecule has 0 unspecified atom stereocenters. The predicted molar refractivity (Wildman–Crippen MR) is 89.0 cm³/mol. The summed E-state index contributed by atoms with van der Waals surface area (Å²) in [4.78, 5) is 26.6. The molecule has 0 atom stereocenters. The molecule has 0 aliphatic heterocycles. The standard InChI is InChI=1S/C16H15N5O3/c1-17-15(22)12-7-5-11(6-8-12)10-18-14-16(21(23)24)20-9-3-2-4-13(20)19-14/h2-9,18H,10H2,1H3,(H,17,22). The van der Waals surface area contributed by atoms with Crippen LogP contribution in [0.25, 0.3) is 5.65 Å². The third-order valence-electron chi connectivity index (χ3n) is 3.58. The van der Waals surface area contributed by atoms with Gasteiger partial charge in [0.1, 0.15) is 0 Å². The second-order valence-corrected chi connectivity index (χ2v) is 5.10. The van der Waals surface area contributed by atoms with Gasteiger partial charge < -0.3 is 20.7 Å². The summed E-state index contributed by atoms with van der Waals surface area (Å²) < 4.78 is 1.43. The van der Waals surface area contributed by atoms with Gasteiger partial charge in [-0.2, -0.15) is 9.38 Å². The van der Waals surface area contributed by atoms with Gasteiger partial charge in [-0.1, -0.05) is 18.2 Å². The van der Waals surface area contributed by atoms with Crippen LogP contribution >= 0.6 is 0 Å². The Morgan fingerprint density at radius 1 is 1.25 bits per heavy atom. The molecule has 0 aliphatic rings. The van der Waals surface area contributed by atoms with E-state index in [9.17, 15) is 14.9 Å². The molecule has 0 saturated carbocycles. The summed E-state index contributed by atoms with van der Waals surface area (Å²) in [6, 6.07) is 12.2. The van der Waals surface area contributed by atoms with E-state index in [2.05, 4.69) is 15.6 Å². The monoisotopic (exact) mass is 325 g/mol. The van der Waals surface area contributed by atoms with Crippen molar-refractivity contribution in [3.8, 4) is 0 Å². The summed E-state index contributed by atoms with van der Waals surface area (Å²) in [6.07, 6.45) is 1.60. The number of anilines is 1. The van der Waals surface area contributed by atoms with Crippen molar-refractivity contribution in [1.29, 1.82) is 0 Å². The molecule has 2 N–H and O–H groups in total. The lowest BCUT2D eigenvalue weighted by atomic mass is 10.1. The number of aromatic nitrogens is 2. The van der Waals surface area contributed by atoms with Gasteiger partial charge in [0.2, 0.25) is 11.5 Å². The number of hydrogen-bond donors (Lipinski definition) is 2. The largest absolute Gasteiger partial charge is 0.372 e. The predicted octanol–water partition coefficient (Wildman–Crippen LogP) is 2.21. The molecule has 1 aromatic carbocycles. The number of nitro groups is 1. The SMILES string of the molecule is CNC(=O)c1ccc(CNc2nc3ccccn3c2[N+](=O)[O-])cc1. The number of carbonyl (C=O) groups is 1. The average Bonchev–Trinajstić information content (AvgIpc) is 2.98. The summed E-state index contributed by atoms with van der Waals surface area (Å²) in [6.45, 7) is 0.360. The molecule has 2 aromatic heterocycles. The van der Waals surface area contributed by atoms with E-state index in [4.69, 9.17) is 0 Å². The van der Waals surface area contributed by atoms with E-state index in [1.807, 2.05) is 0 Å². The van der Waals surface area contributed by atoms with Crippen LogP contribution in [-0.4, -0.2) is 27.3 Å². The number of benzene rings is 1. The molecule has 0 aliphatic carbocycles. The summed E-state index contributed by atoms with van der Waals surface area (Å²) >= 11 is 0. The van der Waals surface area contributed by atoms with E-state index >= 15 is 0 Å². The van der Waals surface area contributed by atoms with Gasteiger partial charge in [-0.05, 0) is 28.7 Å². The topological polar surface area (TPSA) is 102 Å². The maximum Gasteiger partial charge on any atom is 0.372 e. The van der Waals surface area contributed by atoms with Crippen LogP contribution in [0.2, 0.25) is 0 Å². The first kappa shape index (κ1) is 15.5. The molecule has 2 heterocycles. The van der Waals surface area contributed by atoms with Crippen molar-refractivity contribution in [3.63, 3.8) is 0 Å². The van der Waals surface area contributed by atoms with E-state index in [0.29, 0.717) is 17.8 Å². The molecule has 0 spiro atoms. The molecule has 8 nitrogen and oxygen atoms in total. The Labute approximate surface area is 137 Å². The molecular weight excluding hydrogens is 310 g/mol. The Balaban J connectivity index is 1.82. The summed E-state index contributed by atoms with van der Waals surface area (Å²) in [5.74, 6) is -0.0559. The van der Waals surface area contributed by atoms with Crippen LogP contribution in [0, 0.1) is 10.1 Å². The van der Waals surface area contributed by atoms with E-state index in [0.717, 1.165) is 5.56 Å². The van der Waals surface area contributed by atoms with Crippen LogP contribution in [0.4, 0.5) is 11.6 Å². The van der Waals surface area contributed by atoms with Crippen LogP contribution in [0.15, 0.2) is 48.7 Å². The second kappa shape index (κ2) is 6.37. The fourth-order valence-electron chi connectivity index (χ4n) is 2.38. The Bertz CT molecular complexity index is 902. The van der Waals surface area contributed by atoms with Crippen molar-refractivity contribution in [3.05, 3.63) is 69.9 Å². The van der Waals surface area contributed by atoms with Gasteiger partial charge in [0.15, 0.2) is 0 Å². The zero-order valence-electron chi connectivity index (χ0n) is 12.9. The minimum atomic E-state index is -0.461. The van der Waals surface area contributed by atoms with Crippen molar-refractivity contribution >= 4 is 23.2 Å². The van der Waals surface area contributed by atoms with Crippen molar-refractivity contribution in [1.82, 2.24) is 14.7 Å². The first-order valence-electron chi connectivity index (χ1n) is 7.26.